The fourth-order valence-electron chi connectivity index (χ4n) is 1.91. The Balaban J connectivity index is 2.09. The van der Waals surface area contributed by atoms with Crippen LogP contribution in [0.15, 0.2) is 54.7 Å². The molecule has 0 amide bonds. The molecule has 0 aliphatic carbocycles. The molecule has 3 aromatic rings. The molecule has 5 nitrogen and oxygen atoms in total. The number of hydrogen-bond donors (Lipinski definition) is 2. The van der Waals surface area contributed by atoms with Crippen molar-refractivity contribution >= 4 is 11.6 Å². The molecule has 1 aromatic carbocycles. The van der Waals surface area contributed by atoms with Gasteiger partial charge in [-0.3, -0.25) is 4.98 Å². The monoisotopic (exact) mass is 263 g/mol. The first-order chi connectivity index (χ1) is 9.72. The zero-order valence-corrected chi connectivity index (χ0v) is 10.7. The number of nitrogen functional groups attached to an aromatic ring is 2. The first-order valence-corrected chi connectivity index (χ1v) is 6.14. The summed E-state index contributed by atoms with van der Waals surface area (Å²) in [4.78, 5) is 12.8. The molecular weight excluding hydrogens is 250 g/mol. The number of aromatic nitrogens is 3. The minimum absolute atomic E-state index is 0.222. The van der Waals surface area contributed by atoms with Crippen LogP contribution in [0.5, 0.6) is 0 Å². The summed E-state index contributed by atoms with van der Waals surface area (Å²) < 4.78 is 0. The maximum Gasteiger partial charge on any atom is 0.221 e. The predicted molar refractivity (Wildman–Crippen MR) is 79.5 cm³/mol. The average molecular weight is 263 g/mol. The lowest BCUT2D eigenvalue weighted by Crippen LogP contribution is -1.99. The molecule has 0 fully saturated rings. The van der Waals surface area contributed by atoms with Gasteiger partial charge in [0.25, 0.3) is 0 Å². The molecule has 0 atom stereocenters. The van der Waals surface area contributed by atoms with Crippen LogP contribution in [0.25, 0.3) is 22.6 Å². The lowest BCUT2D eigenvalue weighted by atomic mass is 10.1. The third kappa shape index (κ3) is 2.42. The van der Waals surface area contributed by atoms with E-state index in [4.69, 9.17) is 11.5 Å². The van der Waals surface area contributed by atoms with Crippen molar-refractivity contribution in [1.29, 1.82) is 0 Å². The molecule has 3 rings (SSSR count). The molecule has 4 N–H and O–H groups in total. The molecule has 0 aliphatic heterocycles. The smallest absolute Gasteiger partial charge is 0.221 e. The Hall–Kier alpha value is -2.95. The van der Waals surface area contributed by atoms with E-state index < -0.39 is 0 Å². The van der Waals surface area contributed by atoms with Crippen molar-refractivity contribution in [2.45, 2.75) is 0 Å². The quantitative estimate of drug-likeness (QED) is 0.693. The molecule has 0 unspecified atom stereocenters. The highest BCUT2D eigenvalue weighted by molar-refractivity contribution is 5.68. The molecule has 98 valence electrons. The van der Waals surface area contributed by atoms with Crippen LogP contribution in [0, 0.1) is 0 Å². The van der Waals surface area contributed by atoms with Gasteiger partial charge in [-0.2, -0.15) is 0 Å². The van der Waals surface area contributed by atoms with Gasteiger partial charge in [0.2, 0.25) is 5.95 Å². The molecule has 0 radical (unpaired) electrons. The number of hydrogen-bond acceptors (Lipinski definition) is 5. The van der Waals surface area contributed by atoms with E-state index in [1.54, 1.807) is 6.20 Å². The van der Waals surface area contributed by atoms with Crippen LogP contribution in [-0.4, -0.2) is 15.0 Å². The number of anilines is 2. The second-order valence-electron chi connectivity index (χ2n) is 4.33. The second kappa shape index (κ2) is 4.97. The first-order valence-electron chi connectivity index (χ1n) is 6.14. The van der Waals surface area contributed by atoms with E-state index in [9.17, 15) is 0 Å². The van der Waals surface area contributed by atoms with Gasteiger partial charge in [-0.1, -0.05) is 18.2 Å². The Morgan fingerprint density at radius 1 is 0.750 bits per heavy atom. The van der Waals surface area contributed by atoms with Crippen LogP contribution >= 0.6 is 0 Å². The Morgan fingerprint density at radius 2 is 1.50 bits per heavy atom. The summed E-state index contributed by atoms with van der Waals surface area (Å²) in [6.45, 7) is 0. The van der Waals surface area contributed by atoms with Gasteiger partial charge in [-0.25, -0.2) is 9.97 Å². The summed E-state index contributed by atoms with van der Waals surface area (Å²) in [5.41, 5.74) is 15.3. The molecule has 0 bridgehead atoms. The van der Waals surface area contributed by atoms with Crippen LogP contribution in [0.2, 0.25) is 0 Å². The Morgan fingerprint density at radius 3 is 2.20 bits per heavy atom. The summed E-state index contributed by atoms with van der Waals surface area (Å²) in [5.74, 6) is 0.222. The van der Waals surface area contributed by atoms with Gasteiger partial charge in [0.05, 0.1) is 17.1 Å². The highest BCUT2D eigenvalue weighted by atomic mass is 15.0. The van der Waals surface area contributed by atoms with Crippen molar-refractivity contribution in [1.82, 2.24) is 15.0 Å². The van der Waals surface area contributed by atoms with E-state index in [1.807, 2.05) is 48.5 Å². The number of rotatable bonds is 2. The van der Waals surface area contributed by atoms with Crippen molar-refractivity contribution in [3.05, 3.63) is 54.7 Å². The van der Waals surface area contributed by atoms with Crippen LogP contribution in [0.1, 0.15) is 0 Å². The van der Waals surface area contributed by atoms with Crippen LogP contribution in [-0.2, 0) is 0 Å². The zero-order valence-electron chi connectivity index (χ0n) is 10.7. The molecule has 5 heteroatoms. The fourth-order valence-corrected chi connectivity index (χ4v) is 1.91. The highest BCUT2D eigenvalue weighted by Gasteiger charge is 2.07. The SMILES string of the molecule is Nc1ccc(-c2cc(-c3ccccn3)nc(N)n2)cc1. The van der Waals surface area contributed by atoms with Gasteiger partial charge in [0, 0.05) is 17.4 Å². The van der Waals surface area contributed by atoms with E-state index in [0.29, 0.717) is 11.4 Å². The van der Waals surface area contributed by atoms with Gasteiger partial charge in [0.1, 0.15) is 0 Å². The maximum absolute atomic E-state index is 5.79. The molecule has 2 aromatic heterocycles. The fraction of sp³-hybridized carbons (Fsp3) is 0. The van der Waals surface area contributed by atoms with Crippen molar-refractivity contribution < 1.29 is 0 Å². The number of nitrogens with two attached hydrogens (primary N) is 2. The largest absolute Gasteiger partial charge is 0.399 e. The third-order valence-electron chi connectivity index (χ3n) is 2.88. The van der Waals surface area contributed by atoms with Gasteiger partial charge in [-0.05, 0) is 30.3 Å². The Bertz CT molecular complexity index is 723. The Kier molecular flexibility index (Phi) is 3.01. The van der Waals surface area contributed by atoms with E-state index >= 15 is 0 Å². The lowest BCUT2D eigenvalue weighted by molar-refractivity contribution is 1.17. The van der Waals surface area contributed by atoms with Gasteiger partial charge in [0.15, 0.2) is 0 Å². The molecule has 0 saturated heterocycles. The highest BCUT2D eigenvalue weighted by Crippen LogP contribution is 2.23. The van der Waals surface area contributed by atoms with Gasteiger partial charge >= 0.3 is 0 Å². The standard InChI is InChI=1S/C15H13N5/c16-11-6-4-10(5-7-11)13-9-14(20-15(17)19-13)12-3-1-2-8-18-12/h1-9H,16H2,(H2,17,19,20). The van der Waals surface area contributed by atoms with Crippen LogP contribution < -0.4 is 11.5 Å². The van der Waals surface area contributed by atoms with Gasteiger partial charge in [-0.15, -0.1) is 0 Å². The minimum Gasteiger partial charge on any atom is -0.399 e. The summed E-state index contributed by atoms with van der Waals surface area (Å²) in [5, 5.41) is 0. The first kappa shape index (κ1) is 12.1. The van der Waals surface area contributed by atoms with E-state index in [0.717, 1.165) is 17.0 Å². The molecule has 20 heavy (non-hydrogen) atoms. The molecular formula is C15H13N5. The predicted octanol–water partition coefficient (Wildman–Crippen LogP) is 2.37. The number of benzene rings is 1. The topological polar surface area (TPSA) is 90.7 Å². The molecule has 0 spiro atoms. The Labute approximate surface area is 116 Å². The lowest BCUT2D eigenvalue weighted by Gasteiger charge is -2.06. The van der Waals surface area contributed by atoms with E-state index in [-0.39, 0.29) is 5.95 Å². The maximum atomic E-state index is 5.79. The number of nitrogens with zero attached hydrogens (tertiary/aromatic N) is 3. The van der Waals surface area contributed by atoms with Crippen LogP contribution in [0.4, 0.5) is 11.6 Å². The number of pyridine rings is 1. The van der Waals surface area contributed by atoms with Gasteiger partial charge < -0.3 is 11.5 Å². The summed E-state index contributed by atoms with van der Waals surface area (Å²) in [7, 11) is 0. The van der Waals surface area contributed by atoms with Crippen molar-refractivity contribution in [2.24, 2.45) is 0 Å². The van der Waals surface area contributed by atoms with Crippen LogP contribution in [0.3, 0.4) is 0 Å². The summed E-state index contributed by atoms with van der Waals surface area (Å²) >= 11 is 0. The molecule has 0 aliphatic rings. The normalized spacial score (nSPS) is 10.4. The second-order valence-corrected chi connectivity index (χ2v) is 4.33. The molecule has 0 saturated carbocycles. The average Bonchev–Trinajstić information content (AvgIpc) is 2.48. The van der Waals surface area contributed by atoms with Crippen molar-refractivity contribution in [3.63, 3.8) is 0 Å². The molecule has 2 heterocycles. The third-order valence-corrected chi connectivity index (χ3v) is 2.88. The van der Waals surface area contributed by atoms with E-state index in [2.05, 4.69) is 15.0 Å². The summed E-state index contributed by atoms with van der Waals surface area (Å²) in [6, 6.07) is 15.0. The van der Waals surface area contributed by atoms with E-state index in [1.165, 1.54) is 0 Å². The minimum atomic E-state index is 0.222. The zero-order chi connectivity index (χ0) is 13.9. The summed E-state index contributed by atoms with van der Waals surface area (Å²) in [6.07, 6.45) is 1.72. The van der Waals surface area contributed by atoms with Crippen molar-refractivity contribution in [2.75, 3.05) is 11.5 Å². The van der Waals surface area contributed by atoms with Crippen molar-refractivity contribution in [3.8, 4) is 22.6 Å².